The maximum Gasteiger partial charge on any atom is 0.314 e. The summed E-state index contributed by atoms with van der Waals surface area (Å²) in [5.74, 6) is -3.51. The van der Waals surface area contributed by atoms with Crippen molar-refractivity contribution in [2.75, 3.05) is 6.61 Å². The molecule has 3 heterocycles. The van der Waals surface area contributed by atoms with Crippen LogP contribution in [-0.2, 0) is 33.3 Å². The summed E-state index contributed by atoms with van der Waals surface area (Å²) in [5, 5.41) is 109. The molecule has 0 aromatic rings. The number of carbonyl (C=O) groups is 2. The molecule has 0 spiro atoms. The Kier molecular flexibility index (Phi) is 27.0. The molecule has 3 aliphatic heterocycles. The van der Waals surface area contributed by atoms with Crippen LogP contribution in [0.3, 0.4) is 0 Å². The Labute approximate surface area is 406 Å². The molecule has 3 rings (SSSR count). The molecule has 18 heteroatoms. The van der Waals surface area contributed by atoms with Gasteiger partial charge in [-0.25, -0.2) is 0 Å². The van der Waals surface area contributed by atoms with Gasteiger partial charge in [0.15, 0.2) is 6.29 Å². The number of aliphatic hydroxyl groups excluding tert-OH is 10. The van der Waals surface area contributed by atoms with Crippen LogP contribution in [-0.4, -0.2) is 174 Å². The summed E-state index contributed by atoms with van der Waals surface area (Å²) in [4.78, 5) is 26.2. The van der Waals surface area contributed by atoms with Crippen molar-refractivity contribution in [1.29, 1.82) is 0 Å². The van der Waals surface area contributed by atoms with Crippen LogP contribution >= 0.6 is 0 Å². The van der Waals surface area contributed by atoms with E-state index < -0.39 is 141 Å². The van der Waals surface area contributed by atoms with Gasteiger partial charge in [-0.2, -0.15) is 0 Å². The Morgan fingerprint density at radius 1 is 0.623 bits per heavy atom. The number of aliphatic hydroxyl groups is 10. The first-order valence-corrected chi connectivity index (χ1v) is 24.3. The van der Waals surface area contributed by atoms with Gasteiger partial charge in [-0.3, -0.25) is 9.59 Å². The van der Waals surface area contributed by atoms with Gasteiger partial charge in [-0.05, 0) is 39.5 Å². The Morgan fingerprint density at radius 3 is 1.83 bits per heavy atom. The molecule has 0 aromatic heterocycles. The largest absolute Gasteiger partial charge is 0.465 e. The first-order chi connectivity index (χ1) is 32.7. The second kappa shape index (κ2) is 31.1. The van der Waals surface area contributed by atoms with E-state index in [2.05, 4.69) is 0 Å². The third-order valence-electron chi connectivity index (χ3n) is 12.9. The topological polar surface area (TPSA) is 309 Å². The molecule has 392 valence electrons. The Hall–Kier alpha value is -3.44. The first-order valence-electron chi connectivity index (χ1n) is 24.3. The van der Waals surface area contributed by atoms with Gasteiger partial charge in [-0.15, -0.1) is 0 Å². The number of allylic oxidation sites excluding steroid dienone is 12. The van der Waals surface area contributed by atoms with E-state index in [1.165, 1.54) is 0 Å². The summed E-state index contributed by atoms with van der Waals surface area (Å²) in [6.45, 7) is 8.79. The molecule has 2 saturated heterocycles. The molecule has 0 aliphatic carbocycles. The predicted octanol–water partition coefficient (Wildman–Crippen LogP) is 1.62. The monoisotopic (exact) mass is 980 g/mol. The summed E-state index contributed by atoms with van der Waals surface area (Å²) < 4.78 is 29.3. The highest BCUT2D eigenvalue weighted by molar-refractivity contribution is 5.74. The van der Waals surface area contributed by atoms with Gasteiger partial charge < -0.3 is 80.5 Å². The van der Waals surface area contributed by atoms with E-state index in [-0.39, 0.29) is 44.6 Å². The molecule has 18 nitrogen and oxygen atoms in total. The van der Waals surface area contributed by atoms with Crippen molar-refractivity contribution in [3.63, 3.8) is 0 Å². The normalized spacial score (nSPS) is 43.5. The van der Waals surface area contributed by atoms with Gasteiger partial charge in [0, 0.05) is 31.1 Å². The fourth-order valence-corrected chi connectivity index (χ4v) is 8.26. The summed E-state index contributed by atoms with van der Waals surface area (Å²) in [6, 6.07) is -1.12. The fraction of sp³-hybridized carbons (Fsp3) is 0.686. The van der Waals surface area contributed by atoms with Crippen LogP contribution in [0, 0.1) is 17.8 Å². The van der Waals surface area contributed by atoms with E-state index in [0.29, 0.717) is 6.42 Å². The molecule has 0 radical (unpaired) electrons. The van der Waals surface area contributed by atoms with Crippen LogP contribution in [0.5, 0.6) is 0 Å². The number of hydrogen-bond donors (Lipinski definition) is 11. The van der Waals surface area contributed by atoms with Crippen LogP contribution < -0.4 is 5.73 Å². The number of cyclic esters (lactones) is 1. The van der Waals surface area contributed by atoms with Gasteiger partial charge in [-0.1, -0.05) is 112 Å². The third kappa shape index (κ3) is 20.3. The molecule has 0 aromatic carbocycles. The SMILES string of the molecule is CCCCOC(=O)[C@H]1[C@@H]2C[C@@H](O[C@@H]3O[C@H](C)[C@@H](O)[C@H](N)[C@@H]3O)/C=C/C=C/C=C/C=C/C=C/C=C/C=C/[C@H](C)[C@@H](O)[C@@H](C)[C@H](C)OC(=O)C[C@H](O)C[C@H](O)CC[C@@H](O)[C@H](O)C[C@H](O)[C@@H](O)C(C[C@@H]1O)O2. The number of carbonyl (C=O) groups excluding carboxylic acids is 2. The Balaban J connectivity index is 1.91. The van der Waals surface area contributed by atoms with Crippen LogP contribution in [0.1, 0.15) is 92.4 Å². The molecular weight excluding hydrogens is 899 g/mol. The zero-order valence-corrected chi connectivity index (χ0v) is 40.6. The lowest BCUT2D eigenvalue weighted by Gasteiger charge is -2.43. The van der Waals surface area contributed by atoms with Crippen LogP contribution in [0.15, 0.2) is 85.1 Å². The summed E-state index contributed by atoms with van der Waals surface area (Å²) >= 11 is 0. The van der Waals surface area contributed by atoms with Crippen LogP contribution in [0.2, 0.25) is 0 Å². The van der Waals surface area contributed by atoms with Crippen molar-refractivity contribution in [3.05, 3.63) is 85.1 Å². The highest BCUT2D eigenvalue weighted by atomic mass is 16.7. The lowest BCUT2D eigenvalue weighted by atomic mass is 9.83. The van der Waals surface area contributed by atoms with Gasteiger partial charge in [0.2, 0.25) is 0 Å². The lowest BCUT2D eigenvalue weighted by Crippen LogP contribution is -2.61. The standard InChI is InChI=1S/C51H81NO17/c1-6-7-24-65-50(64)44-39(57)29-42-48(62)40(58)28-38(56)37(55)23-22-34(53)25-35(54)26-43(59)66-32(4)31(3)46(60)30(2)20-18-16-14-12-10-8-9-11-13-15-17-19-21-36(27-41(44)69-42)68-51-49(63)45(52)47(61)33(5)67-51/h8-21,30-42,44-49,51,53-58,60-63H,6-7,22-29,52H2,1-5H3/b9-8+,12-10+,13-11+,16-14+,17-15+,20-18+,21-19+/t30-,31-,32-,33+,34+,35+,36-,37+,38+,39-,40-,41-,42?,44+,45-,46+,47+,48+,49-,51-/m0/s1. The second-order valence-electron chi connectivity index (χ2n) is 18.6. The lowest BCUT2D eigenvalue weighted by molar-refractivity contribution is -0.280. The van der Waals surface area contributed by atoms with Gasteiger partial charge in [0.05, 0.1) is 92.3 Å². The van der Waals surface area contributed by atoms with Crippen molar-refractivity contribution in [2.24, 2.45) is 23.5 Å². The maximum atomic E-state index is 13.6. The second-order valence-corrected chi connectivity index (χ2v) is 18.6. The number of esters is 2. The maximum absolute atomic E-state index is 13.6. The quantitative estimate of drug-likeness (QED) is 0.133. The molecule has 69 heavy (non-hydrogen) atoms. The van der Waals surface area contributed by atoms with E-state index in [0.717, 1.165) is 6.42 Å². The Morgan fingerprint density at radius 2 is 1.22 bits per heavy atom. The fourth-order valence-electron chi connectivity index (χ4n) is 8.26. The first kappa shape index (κ1) is 59.9. The average Bonchev–Trinajstić information content (AvgIpc) is 3.30. The third-order valence-corrected chi connectivity index (χ3v) is 12.9. The summed E-state index contributed by atoms with van der Waals surface area (Å²) in [5.41, 5.74) is 6.09. The minimum absolute atomic E-state index is 0.0749. The van der Waals surface area contributed by atoms with E-state index >= 15 is 0 Å². The number of fused-ring (bicyclic) bond motifs is 2. The van der Waals surface area contributed by atoms with Crippen molar-refractivity contribution in [3.8, 4) is 0 Å². The molecule has 0 amide bonds. The summed E-state index contributed by atoms with van der Waals surface area (Å²) in [7, 11) is 0. The molecule has 3 aliphatic rings. The van der Waals surface area contributed by atoms with E-state index in [9.17, 15) is 60.7 Å². The average molecular weight is 980 g/mol. The molecule has 20 atom stereocenters. The smallest absolute Gasteiger partial charge is 0.314 e. The summed E-state index contributed by atoms with van der Waals surface area (Å²) in [6.07, 6.45) is 3.66. The zero-order chi connectivity index (χ0) is 51.2. The predicted molar refractivity (Wildman–Crippen MR) is 255 cm³/mol. The number of hydrogen-bond acceptors (Lipinski definition) is 18. The van der Waals surface area contributed by atoms with Crippen molar-refractivity contribution in [2.45, 2.75) is 196 Å². The molecule has 2 fully saturated rings. The van der Waals surface area contributed by atoms with Gasteiger partial charge in [0.25, 0.3) is 0 Å². The molecule has 1 unspecified atom stereocenters. The van der Waals surface area contributed by atoms with E-state index in [1.807, 2.05) is 56.4 Å². The van der Waals surface area contributed by atoms with Crippen molar-refractivity contribution < 1.29 is 84.3 Å². The van der Waals surface area contributed by atoms with Gasteiger partial charge >= 0.3 is 11.9 Å². The highest BCUT2D eigenvalue weighted by Gasteiger charge is 2.48. The minimum atomic E-state index is -1.75. The van der Waals surface area contributed by atoms with E-state index in [1.54, 1.807) is 63.3 Å². The number of ether oxygens (including phenoxy) is 5. The number of nitrogens with two attached hydrogens (primary N) is 1. The molecular formula is C51H81NO17. The molecule has 2 bridgehead atoms. The highest BCUT2D eigenvalue weighted by Crippen LogP contribution is 2.34. The molecule has 12 N–H and O–H groups in total. The van der Waals surface area contributed by atoms with Gasteiger partial charge in [0.1, 0.15) is 24.2 Å². The van der Waals surface area contributed by atoms with Crippen LogP contribution in [0.4, 0.5) is 0 Å². The minimum Gasteiger partial charge on any atom is -0.465 e. The van der Waals surface area contributed by atoms with E-state index in [4.69, 9.17) is 29.4 Å². The zero-order valence-electron chi connectivity index (χ0n) is 40.6. The Bertz CT molecular complexity index is 1720. The number of unbranched alkanes of at least 4 members (excludes halogenated alkanes) is 1. The van der Waals surface area contributed by atoms with Crippen molar-refractivity contribution in [1.82, 2.24) is 0 Å². The van der Waals surface area contributed by atoms with Crippen LogP contribution in [0.25, 0.3) is 0 Å². The number of rotatable bonds is 6. The molecule has 0 saturated carbocycles. The van der Waals surface area contributed by atoms with Crippen molar-refractivity contribution >= 4 is 11.9 Å².